The van der Waals surface area contributed by atoms with Crippen molar-refractivity contribution in [2.75, 3.05) is 7.11 Å². The predicted octanol–water partition coefficient (Wildman–Crippen LogP) is 7.78. The van der Waals surface area contributed by atoms with Gasteiger partial charge in [0.05, 0.1) is 12.8 Å². The first kappa shape index (κ1) is 30.2. The predicted molar refractivity (Wildman–Crippen MR) is 143 cm³/mol. The Bertz CT molecular complexity index is 1400. The molecule has 0 N–H and O–H groups in total. The van der Waals surface area contributed by atoms with Crippen molar-refractivity contribution in [3.63, 3.8) is 0 Å². The summed E-state index contributed by atoms with van der Waals surface area (Å²) in [6.45, 7) is 6.66. The van der Waals surface area contributed by atoms with Crippen LogP contribution in [0.1, 0.15) is 40.4 Å². The molecule has 1 aliphatic heterocycles. The summed E-state index contributed by atoms with van der Waals surface area (Å²) in [6.07, 6.45) is -4.19. The third-order valence-electron chi connectivity index (χ3n) is 5.65. The number of aliphatic imine (C=N–C) groups is 1. The molecular formula is C26H21Cl3F3N3O4. The van der Waals surface area contributed by atoms with Crippen molar-refractivity contribution >= 4 is 58.4 Å². The van der Waals surface area contributed by atoms with Gasteiger partial charge in [-0.15, -0.1) is 0 Å². The second kappa shape index (κ2) is 11.8. The first-order chi connectivity index (χ1) is 18.2. The van der Waals surface area contributed by atoms with E-state index < -0.39 is 30.2 Å². The summed E-state index contributed by atoms with van der Waals surface area (Å²) in [5, 5.41) is 4.02. The summed E-state index contributed by atoms with van der Waals surface area (Å²) in [4.78, 5) is 35.5. The Morgan fingerprint density at radius 2 is 1.85 bits per heavy atom. The van der Waals surface area contributed by atoms with Crippen LogP contribution in [-0.2, 0) is 15.2 Å². The largest absolute Gasteiger partial charge is 0.452 e. The average molecular weight is 603 g/mol. The van der Waals surface area contributed by atoms with Crippen LogP contribution >= 0.6 is 34.8 Å². The molecule has 0 radical (unpaired) electrons. The zero-order chi connectivity index (χ0) is 29.1. The van der Waals surface area contributed by atoms with E-state index in [4.69, 9.17) is 44.4 Å². The van der Waals surface area contributed by atoms with Crippen LogP contribution < -0.4 is 0 Å². The molecule has 39 heavy (non-hydrogen) atoms. The number of amidine groups is 1. The monoisotopic (exact) mass is 601 g/mol. The Hall–Kier alpha value is -3.34. The number of oxime groups is 1. The van der Waals surface area contributed by atoms with Gasteiger partial charge in [0.15, 0.2) is 0 Å². The van der Waals surface area contributed by atoms with Gasteiger partial charge in [0.2, 0.25) is 0 Å². The SMILES string of the molecule is C=C/C(=N\C=C(/C)Cl)N(C(=O)OC)C(=O)c1ccc(C2=NOC(c3cc(Cl)cc(Cl)c3)(C(F)(F)F)C2)cc1C. The van der Waals surface area contributed by atoms with Crippen molar-refractivity contribution < 1.29 is 32.3 Å². The van der Waals surface area contributed by atoms with Gasteiger partial charge in [-0.2, -0.15) is 18.1 Å². The molecule has 1 heterocycles. The molecule has 1 unspecified atom stereocenters. The maximum Gasteiger partial charge on any atom is 0.435 e. The van der Waals surface area contributed by atoms with Gasteiger partial charge in [-0.25, -0.2) is 9.79 Å². The molecule has 206 valence electrons. The van der Waals surface area contributed by atoms with E-state index in [-0.39, 0.29) is 43.3 Å². The van der Waals surface area contributed by atoms with E-state index in [0.717, 1.165) is 25.3 Å². The van der Waals surface area contributed by atoms with Crippen LogP contribution in [0.5, 0.6) is 0 Å². The highest BCUT2D eigenvalue weighted by molar-refractivity contribution is 6.34. The molecule has 2 aromatic rings. The molecule has 3 rings (SSSR count). The molecule has 2 aromatic carbocycles. The van der Waals surface area contributed by atoms with Gasteiger partial charge < -0.3 is 9.57 Å². The number of hydrogen-bond acceptors (Lipinski definition) is 6. The maximum absolute atomic E-state index is 14.3. The second-order valence-corrected chi connectivity index (χ2v) is 9.81. The Morgan fingerprint density at radius 1 is 1.21 bits per heavy atom. The number of rotatable bonds is 5. The van der Waals surface area contributed by atoms with Crippen LogP contribution in [0.3, 0.4) is 0 Å². The lowest BCUT2D eigenvalue weighted by atomic mass is 9.86. The molecule has 0 spiro atoms. The zero-order valence-electron chi connectivity index (χ0n) is 20.8. The lowest BCUT2D eigenvalue weighted by molar-refractivity contribution is -0.275. The standard InChI is InChI=1S/C26H21Cl3F3N3O4/c1-5-22(33-13-15(3)27)35(24(37)38-4)23(36)20-7-6-16(8-14(20)2)21-12-25(39-34-21,26(30,31)32)17-9-18(28)11-19(29)10-17/h5-11,13H,1,12H2,2-4H3/b15-13+,33-22+. The molecule has 0 bridgehead atoms. The van der Waals surface area contributed by atoms with Crippen LogP contribution in [0, 0.1) is 6.92 Å². The molecule has 0 saturated heterocycles. The molecule has 7 nitrogen and oxygen atoms in total. The Balaban J connectivity index is 1.99. The fourth-order valence-electron chi connectivity index (χ4n) is 3.78. The second-order valence-electron chi connectivity index (χ2n) is 8.34. The van der Waals surface area contributed by atoms with Crippen molar-refractivity contribution in [2.24, 2.45) is 10.1 Å². The van der Waals surface area contributed by atoms with Gasteiger partial charge in [0.1, 0.15) is 5.84 Å². The number of imide groups is 1. The fourth-order valence-corrected chi connectivity index (χ4v) is 4.35. The highest BCUT2D eigenvalue weighted by Gasteiger charge is 2.62. The number of aryl methyl sites for hydroxylation is 1. The number of ether oxygens (including phenoxy) is 1. The van der Waals surface area contributed by atoms with Gasteiger partial charge >= 0.3 is 12.3 Å². The number of amides is 2. The first-order valence-electron chi connectivity index (χ1n) is 11.1. The number of methoxy groups -OCH3 is 1. The molecular weight excluding hydrogens is 582 g/mol. The number of hydrogen-bond donors (Lipinski definition) is 0. The molecule has 2 amide bonds. The topological polar surface area (TPSA) is 80.6 Å². The fraction of sp³-hybridized carbons (Fsp3) is 0.231. The van der Waals surface area contributed by atoms with Crippen molar-refractivity contribution in [1.29, 1.82) is 0 Å². The summed E-state index contributed by atoms with van der Waals surface area (Å²) in [5.74, 6) is -0.966. The van der Waals surface area contributed by atoms with E-state index in [9.17, 15) is 22.8 Å². The molecule has 0 fully saturated rings. The van der Waals surface area contributed by atoms with E-state index in [1.807, 2.05) is 0 Å². The summed E-state index contributed by atoms with van der Waals surface area (Å²) in [7, 11) is 1.08. The average Bonchev–Trinajstić information content (AvgIpc) is 3.32. The Kier molecular flexibility index (Phi) is 9.15. The lowest BCUT2D eigenvalue weighted by Crippen LogP contribution is -2.42. The van der Waals surface area contributed by atoms with E-state index in [2.05, 4.69) is 16.7 Å². The minimum atomic E-state index is -4.87. The Morgan fingerprint density at radius 3 is 2.36 bits per heavy atom. The minimum Gasteiger partial charge on any atom is -0.452 e. The smallest absolute Gasteiger partial charge is 0.435 e. The van der Waals surface area contributed by atoms with Gasteiger partial charge in [-0.05, 0) is 61.4 Å². The van der Waals surface area contributed by atoms with Crippen molar-refractivity contribution in [2.45, 2.75) is 32.0 Å². The summed E-state index contributed by atoms with van der Waals surface area (Å²) < 4.78 is 47.7. The van der Waals surface area contributed by atoms with Crippen LogP contribution in [0.4, 0.5) is 18.0 Å². The van der Waals surface area contributed by atoms with Crippen LogP contribution in [0.15, 0.2) is 70.4 Å². The first-order valence-corrected chi connectivity index (χ1v) is 12.2. The van der Waals surface area contributed by atoms with Gasteiger partial charge in [0.25, 0.3) is 11.5 Å². The molecule has 1 aliphatic rings. The molecule has 1 atom stereocenters. The quantitative estimate of drug-likeness (QED) is 0.259. The van der Waals surface area contributed by atoms with E-state index in [1.165, 1.54) is 30.5 Å². The third kappa shape index (κ3) is 6.29. The van der Waals surface area contributed by atoms with Crippen LogP contribution in [-0.4, -0.2) is 41.7 Å². The van der Waals surface area contributed by atoms with Gasteiger partial charge in [-0.3, -0.25) is 4.79 Å². The number of allylic oxidation sites excluding steroid dienone is 1. The third-order valence-corrected chi connectivity index (χ3v) is 6.19. The number of alkyl halides is 3. The summed E-state index contributed by atoms with van der Waals surface area (Å²) in [6, 6.07) is 7.73. The minimum absolute atomic E-state index is 0.00572. The highest BCUT2D eigenvalue weighted by atomic mass is 35.5. The maximum atomic E-state index is 14.3. The number of halogens is 6. The molecule has 0 aromatic heterocycles. The molecule has 0 saturated carbocycles. The van der Waals surface area contributed by atoms with Crippen molar-refractivity contribution in [3.05, 3.63) is 92.6 Å². The Labute approximate surface area is 237 Å². The number of nitrogens with zero attached hydrogens (tertiary/aromatic N) is 3. The highest BCUT2D eigenvalue weighted by Crippen LogP contribution is 2.49. The zero-order valence-corrected chi connectivity index (χ0v) is 23.0. The van der Waals surface area contributed by atoms with Crippen molar-refractivity contribution in [1.82, 2.24) is 4.90 Å². The lowest BCUT2D eigenvalue weighted by Gasteiger charge is -2.29. The van der Waals surface area contributed by atoms with E-state index in [1.54, 1.807) is 13.8 Å². The normalized spacial score (nSPS) is 17.8. The van der Waals surface area contributed by atoms with Crippen LogP contribution in [0.25, 0.3) is 0 Å². The molecule has 0 aliphatic carbocycles. The number of carbonyl (C=O) groups excluding carboxylic acids is 2. The molecule has 13 heteroatoms. The summed E-state index contributed by atoms with van der Waals surface area (Å²) >= 11 is 17.7. The number of carbonyl (C=O) groups is 2. The number of benzene rings is 2. The van der Waals surface area contributed by atoms with E-state index in [0.29, 0.717) is 10.5 Å². The van der Waals surface area contributed by atoms with E-state index >= 15 is 0 Å². The summed E-state index contributed by atoms with van der Waals surface area (Å²) in [5.41, 5.74) is -2.49. The van der Waals surface area contributed by atoms with Gasteiger partial charge in [-0.1, -0.05) is 52.6 Å². The van der Waals surface area contributed by atoms with Crippen LogP contribution in [0.2, 0.25) is 10.0 Å². The van der Waals surface area contributed by atoms with Gasteiger partial charge in [0, 0.05) is 38.8 Å². The van der Waals surface area contributed by atoms with Crippen molar-refractivity contribution in [3.8, 4) is 0 Å².